The predicted octanol–water partition coefficient (Wildman–Crippen LogP) is 2.48. The van der Waals surface area contributed by atoms with Crippen molar-refractivity contribution >= 4 is 23.2 Å². The van der Waals surface area contributed by atoms with E-state index in [2.05, 4.69) is 10.3 Å². The molecule has 92 valence electrons. The molecule has 0 unspecified atom stereocenters. The van der Waals surface area contributed by atoms with E-state index in [1.807, 2.05) is 0 Å². The van der Waals surface area contributed by atoms with Gasteiger partial charge < -0.3 is 10.4 Å². The highest BCUT2D eigenvalue weighted by Crippen LogP contribution is 2.16. The summed E-state index contributed by atoms with van der Waals surface area (Å²) in [5.74, 6) is -0.292. The van der Waals surface area contributed by atoms with E-state index in [0.717, 1.165) is 5.56 Å². The fraction of sp³-hybridized carbons (Fsp3) is 0.0769. The number of anilines is 1. The van der Waals surface area contributed by atoms with Gasteiger partial charge in [-0.25, -0.2) is 0 Å². The Morgan fingerprint density at radius 1 is 1.28 bits per heavy atom. The summed E-state index contributed by atoms with van der Waals surface area (Å²) in [6, 6.07) is 8.48. The molecule has 0 saturated carbocycles. The number of aliphatic hydroxyl groups excluding tert-OH is 1. The zero-order valence-electron chi connectivity index (χ0n) is 9.43. The Bertz CT molecular complexity index is 555. The Labute approximate surface area is 109 Å². The number of hydrogen-bond donors (Lipinski definition) is 2. The third-order valence-electron chi connectivity index (χ3n) is 2.41. The Kier molecular flexibility index (Phi) is 3.92. The van der Waals surface area contributed by atoms with E-state index in [1.54, 1.807) is 30.3 Å². The first-order valence-corrected chi connectivity index (χ1v) is 5.69. The minimum absolute atomic E-state index is 0.0234. The van der Waals surface area contributed by atoms with Crippen LogP contribution < -0.4 is 5.32 Å². The summed E-state index contributed by atoms with van der Waals surface area (Å²) in [5, 5.41) is 11.9. The fourth-order valence-corrected chi connectivity index (χ4v) is 1.66. The number of rotatable bonds is 3. The van der Waals surface area contributed by atoms with Crippen LogP contribution in [0.15, 0.2) is 42.7 Å². The van der Waals surface area contributed by atoms with Crippen LogP contribution in [0.2, 0.25) is 5.02 Å². The van der Waals surface area contributed by atoms with Crippen molar-refractivity contribution in [2.45, 2.75) is 6.61 Å². The van der Waals surface area contributed by atoms with Gasteiger partial charge in [-0.05, 0) is 23.8 Å². The number of amides is 1. The lowest BCUT2D eigenvalue weighted by Gasteiger charge is -2.06. The molecule has 1 aromatic heterocycles. The molecule has 0 radical (unpaired) electrons. The van der Waals surface area contributed by atoms with Crippen molar-refractivity contribution in [3.8, 4) is 0 Å². The molecule has 1 aromatic carbocycles. The van der Waals surface area contributed by atoms with Gasteiger partial charge in [-0.15, -0.1) is 0 Å². The van der Waals surface area contributed by atoms with Crippen molar-refractivity contribution in [1.29, 1.82) is 0 Å². The van der Waals surface area contributed by atoms with Crippen LogP contribution >= 0.6 is 11.6 Å². The maximum Gasteiger partial charge on any atom is 0.257 e. The number of pyridine rings is 1. The largest absolute Gasteiger partial charge is 0.392 e. The van der Waals surface area contributed by atoms with Crippen molar-refractivity contribution < 1.29 is 9.90 Å². The smallest absolute Gasteiger partial charge is 0.257 e. The Morgan fingerprint density at radius 3 is 2.61 bits per heavy atom. The predicted molar refractivity (Wildman–Crippen MR) is 69.6 cm³/mol. The van der Waals surface area contributed by atoms with Crippen LogP contribution in [-0.2, 0) is 6.61 Å². The zero-order valence-corrected chi connectivity index (χ0v) is 10.2. The third-order valence-corrected chi connectivity index (χ3v) is 2.71. The summed E-state index contributed by atoms with van der Waals surface area (Å²) in [4.78, 5) is 15.7. The number of nitrogens with zero attached hydrogens (tertiary/aromatic N) is 1. The molecule has 0 fully saturated rings. The van der Waals surface area contributed by atoms with Gasteiger partial charge in [0.2, 0.25) is 0 Å². The van der Waals surface area contributed by atoms with Crippen LogP contribution in [0.5, 0.6) is 0 Å². The van der Waals surface area contributed by atoms with Crippen molar-refractivity contribution in [2.75, 3.05) is 5.32 Å². The SMILES string of the molecule is O=C(Nc1ccc(CO)cc1)c1ccncc1Cl. The quantitative estimate of drug-likeness (QED) is 0.893. The first-order chi connectivity index (χ1) is 8.70. The van der Waals surface area contributed by atoms with E-state index >= 15 is 0 Å². The van der Waals surface area contributed by atoms with Gasteiger partial charge in [0.1, 0.15) is 0 Å². The molecule has 0 aliphatic rings. The molecule has 0 aliphatic carbocycles. The molecule has 0 saturated heterocycles. The summed E-state index contributed by atoms with van der Waals surface area (Å²) in [6.07, 6.45) is 2.93. The summed E-state index contributed by atoms with van der Waals surface area (Å²) in [7, 11) is 0. The molecule has 2 aromatic rings. The lowest BCUT2D eigenvalue weighted by molar-refractivity contribution is 0.102. The summed E-state index contributed by atoms with van der Waals surface area (Å²) in [6.45, 7) is -0.0234. The van der Waals surface area contributed by atoms with Gasteiger partial charge in [0.05, 0.1) is 17.2 Å². The van der Waals surface area contributed by atoms with Crippen LogP contribution in [0.25, 0.3) is 0 Å². The number of benzene rings is 1. The van der Waals surface area contributed by atoms with Crippen LogP contribution in [0, 0.1) is 0 Å². The van der Waals surface area contributed by atoms with Gasteiger partial charge in [0.15, 0.2) is 0 Å². The molecule has 0 bridgehead atoms. The number of hydrogen-bond acceptors (Lipinski definition) is 3. The summed E-state index contributed by atoms with van der Waals surface area (Å²) in [5.41, 5.74) is 1.80. The standard InChI is InChI=1S/C13H11ClN2O2/c14-12-7-15-6-5-11(12)13(18)16-10-3-1-9(8-17)2-4-10/h1-7,17H,8H2,(H,16,18). The van der Waals surface area contributed by atoms with E-state index in [1.165, 1.54) is 12.4 Å². The highest BCUT2D eigenvalue weighted by Gasteiger charge is 2.09. The lowest BCUT2D eigenvalue weighted by atomic mass is 10.2. The minimum Gasteiger partial charge on any atom is -0.392 e. The highest BCUT2D eigenvalue weighted by atomic mass is 35.5. The van der Waals surface area contributed by atoms with E-state index < -0.39 is 0 Å². The minimum atomic E-state index is -0.292. The normalized spacial score (nSPS) is 10.1. The molecule has 5 heteroatoms. The number of carbonyl (C=O) groups excluding carboxylic acids is 1. The number of halogens is 1. The molecule has 18 heavy (non-hydrogen) atoms. The van der Waals surface area contributed by atoms with Crippen LogP contribution in [0.4, 0.5) is 5.69 Å². The Balaban J connectivity index is 2.14. The molecule has 2 rings (SSSR count). The second kappa shape index (κ2) is 5.62. The number of nitrogens with one attached hydrogen (secondary N) is 1. The van der Waals surface area contributed by atoms with Gasteiger partial charge in [0, 0.05) is 18.1 Å². The van der Waals surface area contributed by atoms with Crippen LogP contribution in [-0.4, -0.2) is 16.0 Å². The topological polar surface area (TPSA) is 62.2 Å². The molecule has 1 heterocycles. The molecule has 0 spiro atoms. The maximum atomic E-state index is 11.9. The maximum absolute atomic E-state index is 11.9. The van der Waals surface area contributed by atoms with Gasteiger partial charge in [-0.1, -0.05) is 23.7 Å². The van der Waals surface area contributed by atoms with Crippen molar-refractivity contribution in [2.24, 2.45) is 0 Å². The van der Waals surface area contributed by atoms with Crippen molar-refractivity contribution in [3.05, 3.63) is 58.9 Å². The monoisotopic (exact) mass is 262 g/mol. The van der Waals surface area contributed by atoms with Crippen LogP contribution in [0.1, 0.15) is 15.9 Å². The number of carbonyl (C=O) groups is 1. The molecule has 0 atom stereocenters. The van der Waals surface area contributed by atoms with Gasteiger partial charge in [-0.3, -0.25) is 9.78 Å². The van der Waals surface area contributed by atoms with Crippen molar-refractivity contribution in [1.82, 2.24) is 4.98 Å². The second-order valence-corrected chi connectivity index (χ2v) is 4.07. The summed E-state index contributed by atoms with van der Waals surface area (Å²) >= 11 is 5.88. The third kappa shape index (κ3) is 2.85. The molecular formula is C13H11ClN2O2. The van der Waals surface area contributed by atoms with Gasteiger partial charge in [0.25, 0.3) is 5.91 Å². The van der Waals surface area contributed by atoms with Crippen molar-refractivity contribution in [3.63, 3.8) is 0 Å². The van der Waals surface area contributed by atoms with Gasteiger partial charge >= 0.3 is 0 Å². The first-order valence-electron chi connectivity index (χ1n) is 5.31. The number of aliphatic hydroxyl groups is 1. The van der Waals surface area contributed by atoms with Crippen LogP contribution in [0.3, 0.4) is 0 Å². The molecule has 2 N–H and O–H groups in total. The Morgan fingerprint density at radius 2 is 2.00 bits per heavy atom. The van der Waals surface area contributed by atoms with E-state index in [-0.39, 0.29) is 12.5 Å². The fourth-order valence-electron chi connectivity index (χ4n) is 1.45. The summed E-state index contributed by atoms with van der Waals surface area (Å²) < 4.78 is 0. The lowest BCUT2D eigenvalue weighted by Crippen LogP contribution is -2.12. The first kappa shape index (κ1) is 12.5. The molecule has 0 aliphatic heterocycles. The average Bonchev–Trinajstić information content (AvgIpc) is 2.40. The molecule has 1 amide bonds. The average molecular weight is 263 g/mol. The molecule has 4 nitrogen and oxygen atoms in total. The molecular weight excluding hydrogens is 252 g/mol. The van der Waals surface area contributed by atoms with Gasteiger partial charge in [-0.2, -0.15) is 0 Å². The highest BCUT2D eigenvalue weighted by molar-refractivity contribution is 6.34. The second-order valence-electron chi connectivity index (χ2n) is 3.66. The zero-order chi connectivity index (χ0) is 13.0. The van der Waals surface area contributed by atoms with E-state index in [4.69, 9.17) is 16.7 Å². The van der Waals surface area contributed by atoms with E-state index in [0.29, 0.717) is 16.3 Å². The Hall–Kier alpha value is -1.91. The number of aromatic nitrogens is 1. The van der Waals surface area contributed by atoms with E-state index in [9.17, 15) is 4.79 Å².